The maximum atomic E-state index is 13.1. The fourth-order valence-electron chi connectivity index (χ4n) is 4.19. The number of nitrogens with two attached hydrogens (primary N) is 1. The average molecular weight is 539 g/mol. The molecule has 168 valence electrons. The highest BCUT2D eigenvalue weighted by Crippen LogP contribution is 2.27. The lowest BCUT2D eigenvalue weighted by atomic mass is 10.1. The number of ether oxygens (including phenoxy) is 1. The SMILES string of the molecule is COc1cccc(N2CCC(CN=C(N)N3CCN(c4ccc(F)cc4)CC3)C2)c1.I. The first-order valence-corrected chi connectivity index (χ1v) is 10.6. The second-order valence-corrected chi connectivity index (χ2v) is 7.95. The highest BCUT2D eigenvalue weighted by atomic mass is 127. The third-order valence-corrected chi connectivity index (χ3v) is 6.01. The highest BCUT2D eigenvalue weighted by molar-refractivity contribution is 14.0. The van der Waals surface area contributed by atoms with Crippen molar-refractivity contribution < 1.29 is 9.13 Å². The zero-order valence-corrected chi connectivity index (χ0v) is 20.2. The number of nitrogens with zero attached hydrogens (tertiary/aromatic N) is 4. The van der Waals surface area contributed by atoms with Crippen LogP contribution < -0.4 is 20.3 Å². The molecule has 2 N–H and O–H groups in total. The molecule has 0 saturated carbocycles. The van der Waals surface area contributed by atoms with Gasteiger partial charge in [0, 0.05) is 63.3 Å². The van der Waals surface area contributed by atoms with Gasteiger partial charge in [0.05, 0.1) is 7.11 Å². The van der Waals surface area contributed by atoms with Crippen molar-refractivity contribution in [2.75, 3.05) is 62.7 Å². The molecule has 0 aromatic heterocycles. The summed E-state index contributed by atoms with van der Waals surface area (Å²) in [4.78, 5) is 11.5. The Bertz CT molecular complexity index is 871. The number of benzene rings is 2. The van der Waals surface area contributed by atoms with Crippen molar-refractivity contribution in [3.63, 3.8) is 0 Å². The van der Waals surface area contributed by atoms with Crippen molar-refractivity contribution in [3.8, 4) is 5.75 Å². The van der Waals surface area contributed by atoms with Gasteiger partial charge in [0.25, 0.3) is 0 Å². The van der Waals surface area contributed by atoms with Crippen LogP contribution in [0.4, 0.5) is 15.8 Å². The van der Waals surface area contributed by atoms with E-state index in [1.54, 1.807) is 7.11 Å². The number of guanidine groups is 1. The molecular weight excluding hydrogens is 508 g/mol. The number of hydrogen-bond donors (Lipinski definition) is 1. The lowest BCUT2D eigenvalue weighted by Crippen LogP contribution is -2.51. The Morgan fingerprint density at radius 1 is 1.03 bits per heavy atom. The topological polar surface area (TPSA) is 57.3 Å². The van der Waals surface area contributed by atoms with Crippen LogP contribution in [0.2, 0.25) is 0 Å². The fourth-order valence-corrected chi connectivity index (χ4v) is 4.19. The first-order chi connectivity index (χ1) is 14.6. The molecule has 0 radical (unpaired) electrons. The monoisotopic (exact) mass is 539 g/mol. The highest BCUT2D eigenvalue weighted by Gasteiger charge is 2.24. The minimum absolute atomic E-state index is 0. The van der Waals surface area contributed by atoms with Crippen LogP contribution >= 0.6 is 24.0 Å². The third-order valence-electron chi connectivity index (χ3n) is 6.01. The first kappa shape index (κ1) is 23.4. The van der Waals surface area contributed by atoms with Crippen molar-refractivity contribution in [2.45, 2.75) is 6.42 Å². The molecule has 0 amide bonds. The Labute approximate surface area is 200 Å². The van der Waals surface area contributed by atoms with E-state index < -0.39 is 0 Å². The van der Waals surface area contributed by atoms with E-state index in [2.05, 4.69) is 26.8 Å². The molecule has 8 heteroatoms. The largest absolute Gasteiger partial charge is 0.497 e. The van der Waals surface area contributed by atoms with Gasteiger partial charge < -0.3 is 25.2 Å². The molecule has 2 aromatic carbocycles. The number of piperazine rings is 1. The smallest absolute Gasteiger partial charge is 0.191 e. The van der Waals surface area contributed by atoms with E-state index >= 15 is 0 Å². The molecule has 1 unspecified atom stereocenters. The maximum Gasteiger partial charge on any atom is 0.191 e. The zero-order valence-electron chi connectivity index (χ0n) is 17.9. The summed E-state index contributed by atoms with van der Waals surface area (Å²) in [6.07, 6.45) is 1.12. The molecule has 1 atom stereocenters. The van der Waals surface area contributed by atoms with Gasteiger partial charge in [0.15, 0.2) is 5.96 Å². The van der Waals surface area contributed by atoms with Gasteiger partial charge in [-0.2, -0.15) is 0 Å². The fraction of sp³-hybridized carbons (Fsp3) is 0.435. The zero-order chi connectivity index (χ0) is 20.9. The molecule has 31 heavy (non-hydrogen) atoms. The minimum Gasteiger partial charge on any atom is -0.497 e. The van der Waals surface area contributed by atoms with Crippen LogP contribution in [-0.2, 0) is 0 Å². The number of methoxy groups -OCH3 is 1. The van der Waals surface area contributed by atoms with E-state index in [9.17, 15) is 4.39 Å². The molecule has 2 aliphatic rings. The van der Waals surface area contributed by atoms with Gasteiger partial charge in [-0.05, 0) is 48.7 Å². The van der Waals surface area contributed by atoms with Crippen LogP contribution in [0.1, 0.15) is 6.42 Å². The molecule has 2 heterocycles. The summed E-state index contributed by atoms with van der Waals surface area (Å²) < 4.78 is 18.5. The Morgan fingerprint density at radius 2 is 1.77 bits per heavy atom. The van der Waals surface area contributed by atoms with Gasteiger partial charge in [-0.25, -0.2) is 4.39 Å². The maximum absolute atomic E-state index is 13.1. The summed E-state index contributed by atoms with van der Waals surface area (Å²) in [5.74, 6) is 1.83. The third kappa shape index (κ3) is 5.93. The van der Waals surface area contributed by atoms with E-state index in [1.807, 2.05) is 24.3 Å². The van der Waals surface area contributed by atoms with E-state index in [4.69, 9.17) is 15.5 Å². The first-order valence-electron chi connectivity index (χ1n) is 10.6. The molecule has 0 spiro atoms. The van der Waals surface area contributed by atoms with Crippen LogP contribution in [0.5, 0.6) is 5.75 Å². The van der Waals surface area contributed by atoms with Gasteiger partial charge >= 0.3 is 0 Å². The van der Waals surface area contributed by atoms with Gasteiger partial charge in [-0.15, -0.1) is 24.0 Å². The predicted octanol–water partition coefficient (Wildman–Crippen LogP) is 3.42. The Kier molecular flexibility index (Phi) is 8.22. The van der Waals surface area contributed by atoms with E-state index in [0.29, 0.717) is 11.9 Å². The number of rotatable bonds is 5. The number of halogens is 2. The van der Waals surface area contributed by atoms with Crippen molar-refractivity contribution in [3.05, 3.63) is 54.3 Å². The average Bonchev–Trinajstić information content (AvgIpc) is 3.27. The van der Waals surface area contributed by atoms with Crippen LogP contribution in [-0.4, -0.2) is 63.8 Å². The Balaban J connectivity index is 0.00000272. The minimum atomic E-state index is -0.203. The molecule has 2 aromatic rings. The molecule has 2 aliphatic heterocycles. The van der Waals surface area contributed by atoms with Gasteiger partial charge in [0.2, 0.25) is 0 Å². The lowest BCUT2D eigenvalue weighted by Gasteiger charge is -2.36. The molecule has 4 rings (SSSR count). The molecule has 6 nitrogen and oxygen atoms in total. The number of anilines is 2. The Morgan fingerprint density at radius 3 is 2.48 bits per heavy atom. The summed E-state index contributed by atoms with van der Waals surface area (Å²) in [7, 11) is 1.70. The standard InChI is InChI=1S/C23H30FN5O.HI/c1-30-22-4-2-3-21(15-22)29-10-9-18(17-29)16-26-23(25)28-13-11-27(12-14-28)20-7-5-19(24)6-8-20;/h2-8,15,18H,9-14,16-17H2,1H3,(H2,25,26);1H. The molecule has 0 bridgehead atoms. The number of aliphatic imine (C=N–C) groups is 1. The lowest BCUT2D eigenvalue weighted by molar-refractivity contribution is 0.379. The summed E-state index contributed by atoms with van der Waals surface area (Å²) >= 11 is 0. The number of hydrogen-bond acceptors (Lipinski definition) is 4. The molecule has 0 aliphatic carbocycles. The predicted molar refractivity (Wildman–Crippen MR) is 135 cm³/mol. The van der Waals surface area contributed by atoms with Crippen molar-refractivity contribution in [1.29, 1.82) is 0 Å². The van der Waals surface area contributed by atoms with Gasteiger partial charge in [-0.1, -0.05) is 6.07 Å². The van der Waals surface area contributed by atoms with Crippen molar-refractivity contribution in [1.82, 2.24) is 4.90 Å². The van der Waals surface area contributed by atoms with Crippen LogP contribution in [0, 0.1) is 11.7 Å². The van der Waals surface area contributed by atoms with Crippen LogP contribution in [0.3, 0.4) is 0 Å². The van der Waals surface area contributed by atoms with E-state index in [0.717, 1.165) is 63.7 Å². The van der Waals surface area contributed by atoms with Gasteiger partial charge in [-0.3, -0.25) is 4.99 Å². The summed E-state index contributed by atoms with van der Waals surface area (Å²) in [6.45, 7) is 6.14. The summed E-state index contributed by atoms with van der Waals surface area (Å²) in [6, 6.07) is 14.9. The van der Waals surface area contributed by atoms with Crippen LogP contribution in [0.15, 0.2) is 53.5 Å². The van der Waals surface area contributed by atoms with Crippen LogP contribution in [0.25, 0.3) is 0 Å². The van der Waals surface area contributed by atoms with Crippen molar-refractivity contribution in [2.24, 2.45) is 16.6 Å². The van der Waals surface area contributed by atoms with Crippen molar-refractivity contribution >= 4 is 41.3 Å². The van der Waals surface area contributed by atoms with E-state index in [1.165, 1.54) is 17.8 Å². The van der Waals surface area contributed by atoms with E-state index in [-0.39, 0.29) is 29.8 Å². The summed E-state index contributed by atoms with van der Waals surface area (Å²) in [5, 5.41) is 0. The molecule has 2 fully saturated rings. The normalized spacial score (nSPS) is 19.4. The quantitative estimate of drug-likeness (QED) is 0.359. The molecular formula is C23H31FIN5O. The summed E-state index contributed by atoms with van der Waals surface area (Å²) in [5.41, 5.74) is 8.54. The second-order valence-electron chi connectivity index (χ2n) is 7.95. The second kappa shape index (κ2) is 10.9. The van der Waals surface area contributed by atoms with Gasteiger partial charge in [0.1, 0.15) is 11.6 Å². The Hall–Kier alpha value is -2.23. The molecule has 2 saturated heterocycles.